The van der Waals surface area contributed by atoms with Crippen LogP contribution < -0.4 is 0 Å². The molecular weight excluding hydrogens is 272 g/mol. The Bertz CT molecular complexity index is 214. The Morgan fingerprint density at radius 3 is 0.938 bits per heavy atom. The molecule has 0 nitrogen and oxygen atoms in total. The second-order valence-corrected chi connectivity index (χ2v) is 13.4. The average molecular weight is 288 g/mol. The van der Waals surface area contributed by atoms with E-state index in [9.17, 15) is 26.3 Å². The number of hydrogen-bond donors (Lipinski definition) is 0. The zero-order chi connectivity index (χ0) is 13.4. The summed E-state index contributed by atoms with van der Waals surface area (Å²) >= 11 is 0. The Kier molecular flexibility index (Phi) is 4.73. The third-order valence-corrected chi connectivity index (χ3v) is 8.37. The average Bonchev–Trinajstić information content (AvgIpc) is 1.97. The monoisotopic (exact) mass is 288 g/mol. The lowest BCUT2D eigenvalue weighted by molar-refractivity contribution is -0.0448. The zero-order valence-electron chi connectivity index (χ0n) is 9.58. The van der Waals surface area contributed by atoms with Crippen LogP contribution in [0.3, 0.4) is 0 Å². The fourth-order valence-corrected chi connectivity index (χ4v) is 5.26. The van der Waals surface area contributed by atoms with Crippen molar-refractivity contribution in [2.75, 3.05) is 39.0 Å². The molecule has 0 fully saturated rings. The molecule has 8 heteroatoms. The highest BCUT2D eigenvalue weighted by molar-refractivity contribution is 7.79. The van der Waals surface area contributed by atoms with Gasteiger partial charge in [0.05, 0.1) is 26.7 Å². The lowest BCUT2D eigenvalue weighted by atomic mass is 11.0. The van der Waals surface area contributed by atoms with E-state index < -0.39 is 26.4 Å². The van der Waals surface area contributed by atoms with Crippen molar-refractivity contribution in [2.24, 2.45) is 0 Å². The van der Waals surface area contributed by atoms with Gasteiger partial charge in [0, 0.05) is 0 Å². The highest BCUT2D eigenvalue weighted by Gasteiger charge is 2.60. The van der Waals surface area contributed by atoms with Crippen LogP contribution in [0.1, 0.15) is 0 Å². The molecule has 0 spiro atoms. The Hall–Kier alpha value is 0.440. The molecule has 0 radical (unpaired) electrons. The van der Waals surface area contributed by atoms with E-state index in [0.29, 0.717) is 0 Å². The second kappa shape index (κ2) is 4.61. The highest BCUT2D eigenvalue weighted by Crippen LogP contribution is 2.71. The number of alkyl halides is 6. The minimum atomic E-state index is -4.35. The van der Waals surface area contributed by atoms with Crippen molar-refractivity contribution in [3.05, 3.63) is 0 Å². The number of rotatable bonds is 3. The fraction of sp³-hybridized carbons (Fsp3) is 1.00. The van der Waals surface area contributed by atoms with Gasteiger partial charge in [0.15, 0.2) is 0 Å². The molecule has 0 aromatic carbocycles. The van der Waals surface area contributed by atoms with Gasteiger partial charge in [-0.2, -0.15) is 0 Å². The van der Waals surface area contributed by atoms with Crippen molar-refractivity contribution >= 4 is 14.5 Å². The third-order valence-electron chi connectivity index (χ3n) is 2.59. The van der Waals surface area contributed by atoms with E-state index in [4.69, 9.17) is 0 Å². The molecule has 16 heavy (non-hydrogen) atoms. The largest absolute Gasteiger partial charge is 0.508 e. The molecule has 0 bridgehead atoms. The normalized spacial score (nSPS) is 15.4. The van der Waals surface area contributed by atoms with Gasteiger partial charge in [0.1, 0.15) is 26.8 Å². The molecule has 0 saturated carbocycles. The summed E-state index contributed by atoms with van der Waals surface area (Å²) in [6, 6.07) is 0. The molecule has 0 rings (SSSR count). The standard InChI is InChI=1S/C8H16F6P2/c1-15(2,7(9,10)11)5-6-16(3,4)8(12,13)14/h5-6H2,1-4H3/q+2. The van der Waals surface area contributed by atoms with Crippen molar-refractivity contribution in [3.8, 4) is 0 Å². The van der Waals surface area contributed by atoms with Crippen LogP contribution in [-0.2, 0) is 0 Å². The van der Waals surface area contributed by atoms with Crippen LogP contribution in [0.2, 0.25) is 0 Å². The molecule has 0 atom stereocenters. The first kappa shape index (κ1) is 16.4. The molecule has 0 heterocycles. The van der Waals surface area contributed by atoms with Gasteiger partial charge in [-0.05, 0) is 0 Å². The van der Waals surface area contributed by atoms with E-state index in [1.54, 1.807) is 0 Å². The van der Waals surface area contributed by atoms with Gasteiger partial charge in [-0.1, -0.05) is 0 Å². The van der Waals surface area contributed by atoms with E-state index >= 15 is 0 Å². The molecule has 0 aliphatic carbocycles. The van der Waals surface area contributed by atoms with Crippen LogP contribution in [-0.4, -0.2) is 50.8 Å². The first-order valence-corrected chi connectivity index (χ1v) is 10.2. The first-order valence-electron chi connectivity index (χ1n) is 4.50. The summed E-state index contributed by atoms with van der Waals surface area (Å²) in [6.07, 6.45) is -0.756. The van der Waals surface area contributed by atoms with Crippen molar-refractivity contribution < 1.29 is 26.3 Å². The van der Waals surface area contributed by atoms with Gasteiger partial charge >= 0.3 is 11.8 Å². The second-order valence-electron chi connectivity index (χ2n) is 4.75. The SMILES string of the molecule is C[P+](C)(CC[P+](C)(C)C(F)(F)F)C(F)(F)F. The van der Waals surface area contributed by atoms with E-state index in [0.717, 1.165) is 26.7 Å². The molecule has 0 aromatic rings. The molecule has 0 aliphatic rings. The lowest BCUT2D eigenvalue weighted by Crippen LogP contribution is -2.23. The summed E-state index contributed by atoms with van der Waals surface area (Å²) < 4.78 is 74.9. The van der Waals surface area contributed by atoms with Gasteiger partial charge in [0.2, 0.25) is 0 Å². The molecule has 0 aliphatic heterocycles. The molecule has 0 aromatic heterocycles. The van der Waals surface area contributed by atoms with Crippen molar-refractivity contribution in [1.29, 1.82) is 0 Å². The number of hydrogen-bond acceptors (Lipinski definition) is 0. The Labute approximate surface area is 92.5 Å². The maximum absolute atomic E-state index is 12.5. The fourth-order valence-electron chi connectivity index (χ4n) is 0.754. The van der Waals surface area contributed by atoms with E-state index in [1.807, 2.05) is 0 Å². The van der Waals surface area contributed by atoms with E-state index in [1.165, 1.54) is 0 Å². The predicted molar refractivity (Wildman–Crippen MR) is 59.4 cm³/mol. The predicted octanol–water partition coefficient (Wildman–Crippen LogP) is 4.58. The van der Waals surface area contributed by atoms with Crippen LogP contribution in [0.5, 0.6) is 0 Å². The number of halogens is 6. The molecule has 0 N–H and O–H groups in total. The van der Waals surface area contributed by atoms with Gasteiger partial charge < -0.3 is 0 Å². The lowest BCUT2D eigenvalue weighted by Gasteiger charge is -2.24. The summed E-state index contributed by atoms with van der Waals surface area (Å²) in [5.74, 6) is -8.70. The van der Waals surface area contributed by atoms with Crippen molar-refractivity contribution in [3.63, 3.8) is 0 Å². The van der Waals surface area contributed by atoms with Crippen LogP contribution in [0.15, 0.2) is 0 Å². The molecule has 0 amide bonds. The molecule has 98 valence electrons. The van der Waals surface area contributed by atoms with Crippen molar-refractivity contribution in [1.82, 2.24) is 0 Å². The molecule has 0 unspecified atom stereocenters. The van der Waals surface area contributed by atoms with E-state index in [2.05, 4.69) is 0 Å². The van der Waals surface area contributed by atoms with Gasteiger partial charge in [-0.15, -0.1) is 26.3 Å². The van der Waals surface area contributed by atoms with Gasteiger partial charge in [0.25, 0.3) is 0 Å². The third kappa shape index (κ3) is 4.03. The Morgan fingerprint density at radius 1 is 0.625 bits per heavy atom. The van der Waals surface area contributed by atoms with Crippen LogP contribution >= 0.6 is 14.5 Å². The van der Waals surface area contributed by atoms with Gasteiger partial charge in [-0.25, -0.2) is 0 Å². The minimum absolute atomic E-state index is 0.378. The maximum Gasteiger partial charge on any atom is 0.508 e. The van der Waals surface area contributed by atoms with E-state index in [-0.39, 0.29) is 12.3 Å². The minimum Gasteiger partial charge on any atom is -0.135 e. The zero-order valence-corrected chi connectivity index (χ0v) is 11.4. The Morgan fingerprint density at radius 2 is 0.812 bits per heavy atom. The quantitative estimate of drug-likeness (QED) is 0.526. The molecular formula is C8H16F6P2+2. The van der Waals surface area contributed by atoms with Crippen LogP contribution in [0.4, 0.5) is 26.3 Å². The summed E-state index contributed by atoms with van der Waals surface area (Å²) in [6.45, 7) is 4.18. The van der Waals surface area contributed by atoms with Crippen LogP contribution in [0.25, 0.3) is 0 Å². The summed E-state index contributed by atoms with van der Waals surface area (Å²) in [5.41, 5.74) is 0. The van der Waals surface area contributed by atoms with Gasteiger partial charge in [-0.3, -0.25) is 0 Å². The molecule has 0 saturated heterocycles. The summed E-state index contributed by atoms with van der Waals surface area (Å²) in [5, 5.41) is 0. The summed E-state index contributed by atoms with van der Waals surface area (Å²) in [4.78, 5) is 0. The maximum atomic E-state index is 12.5. The first-order chi connectivity index (χ1) is 6.71. The summed E-state index contributed by atoms with van der Waals surface area (Å²) in [7, 11) is -6.53. The van der Waals surface area contributed by atoms with Crippen molar-refractivity contribution in [2.45, 2.75) is 11.8 Å². The Balaban J connectivity index is 4.59. The highest BCUT2D eigenvalue weighted by atomic mass is 31.2. The smallest absolute Gasteiger partial charge is 0.135 e. The topological polar surface area (TPSA) is 0 Å². The van der Waals surface area contributed by atoms with Crippen LogP contribution in [0, 0.1) is 0 Å².